The minimum atomic E-state index is 1.13. The maximum Gasteiger partial charge on any atom is -0.000199 e. The first-order chi connectivity index (χ1) is 7.85. The van der Waals surface area contributed by atoms with Gasteiger partial charge in [-0.25, -0.2) is 0 Å². The Balaban J connectivity index is 1.72. The van der Waals surface area contributed by atoms with Crippen molar-refractivity contribution in [1.82, 2.24) is 0 Å². The molecule has 0 aromatic heterocycles. The third-order valence-corrected chi connectivity index (χ3v) is 6.56. The highest BCUT2D eigenvalue weighted by molar-refractivity contribution is 14.1. The van der Waals surface area contributed by atoms with E-state index < -0.39 is 0 Å². The van der Waals surface area contributed by atoms with Crippen LogP contribution >= 0.6 is 22.6 Å². The van der Waals surface area contributed by atoms with Crippen molar-refractivity contribution in [3.8, 4) is 0 Å². The number of hydrogen-bond acceptors (Lipinski definition) is 0. The molecule has 0 amide bonds. The minimum absolute atomic E-state index is 1.13. The van der Waals surface area contributed by atoms with Crippen LogP contribution < -0.4 is 0 Å². The van der Waals surface area contributed by atoms with Crippen molar-refractivity contribution in [1.29, 1.82) is 0 Å². The van der Waals surface area contributed by atoms with Crippen LogP contribution in [0.3, 0.4) is 0 Å². The zero-order valence-corrected chi connectivity index (χ0v) is 12.7. The average molecular weight is 332 g/mol. The Morgan fingerprint density at radius 3 is 2.62 bits per heavy atom. The van der Waals surface area contributed by atoms with Crippen LogP contribution in [0.4, 0.5) is 0 Å². The molecule has 16 heavy (non-hydrogen) atoms. The van der Waals surface area contributed by atoms with Crippen LogP contribution in [0.15, 0.2) is 0 Å². The Kier molecular flexibility index (Phi) is 3.52. The molecule has 0 N–H and O–H groups in total. The maximum atomic E-state index is 2.58. The van der Waals surface area contributed by atoms with Crippen LogP contribution in [0.1, 0.15) is 51.9 Å². The molecule has 3 aliphatic rings. The second-order valence-corrected chi connectivity index (χ2v) is 7.58. The van der Waals surface area contributed by atoms with Gasteiger partial charge in [0.2, 0.25) is 0 Å². The summed E-state index contributed by atoms with van der Waals surface area (Å²) in [6.45, 7) is 2.38. The molecule has 1 heteroatoms. The highest BCUT2D eigenvalue weighted by atomic mass is 127. The van der Waals surface area contributed by atoms with E-state index in [1.54, 1.807) is 25.7 Å². The van der Waals surface area contributed by atoms with E-state index in [1.165, 1.54) is 35.5 Å². The van der Waals surface area contributed by atoms with Crippen LogP contribution in [0.5, 0.6) is 0 Å². The molecule has 0 aliphatic heterocycles. The van der Waals surface area contributed by atoms with E-state index in [2.05, 4.69) is 29.5 Å². The van der Waals surface area contributed by atoms with Gasteiger partial charge in [-0.3, -0.25) is 0 Å². The summed E-state index contributed by atoms with van der Waals surface area (Å²) in [6.07, 6.45) is 10.9. The highest BCUT2D eigenvalue weighted by Gasteiger charge is 2.56. The van der Waals surface area contributed by atoms with E-state index in [0.717, 1.165) is 23.7 Å². The first kappa shape index (κ1) is 11.8. The van der Waals surface area contributed by atoms with E-state index in [9.17, 15) is 0 Å². The Hall–Kier alpha value is 0.730. The van der Waals surface area contributed by atoms with Crippen molar-refractivity contribution in [2.45, 2.75) is 51.9 Å². The molecule has 0 aromatic carbocycles. The van der Waals surface area contributed by atoms with Crippen molar-refractivity contribution in [3.63, 3.8) is 0 Å². The SMILES string of the molecule is CCCC1CCC2C3CC(CCI)C(C3)C12. The molecule has 3 fully saturated rings. The second kappa shape index (κ2) is 4.78. The van der Waals surface area contributed by atoms with Crippen LogP contribution in [-0.4, -0.2) is 4.43 Å². The zero-order valence-electron chi connectivity index (χ0n) is 10.5. The predicted octanol–water partition coefficient (Wildman–Crippen LogP) is 4.91. The van der Waals surface area contributed by atoms with Crippen LogP contribution in [0, 0.1) is 35.5 Å². The normalized spacial score (nSPS) is 49.9. The standard InChI is InChI=1S/C15H25I/c1-2-3-10-4-5-13-12-8-11(6-7-16)14(9-12)15(10)13/h10-15H,2-9H2,1H3. The molecule has 6 atom stereocenters. The van der Waals surface area contributed by atoms with E-state index in [1.807, 2.05) is 0 Å². The van der Waals surface area contributed by atoms with E-state index in [-0.39, 0.29) is 0 Å². The van der Waals surface area contributed by atoms with Gasteiger partial charge in [0.1, 0.15) is 0 Å². The maximum absolute atomic E-state index is 2.58. The Morgan fingerprint density at radius 2 is 1.88 bits per heavy atom. The molecule has 0 saturated heterocycles. The molecule has 3 saturated carbocycles. The van der Waals surface area contributed by atoms with Gasteiger partial charge in [0.15, 0.2) is 0 Å². The van der Waals surface area contributed by atoms with Gasteiger partial charge in [0, 0.05) is 0 Å². The fourth-order valence-corrected chi connectivity index (χ4v) is 6.36. The predicted molar refractivity (Wildman–Crippen MR) is 77.8 cm³/mol. The van der Waals surface area contributed by atoms with Crippen LogP contribution in [0.2, 0.25) is 0 Å². The summed E-state index contributed by atoms with van der Waals surface area (Å²) >= 11 is 2.58. The molecular formula is C15H25I. The average Bonchev–Trinajstić information content (AvgIpc) is 2.91. The van der Waals surface area contributed by atoms with Crippen molar-refractivity contribution >= 4 is 22.6 Å². The number of halogens is 1. The third kappa shape index (κ3) is 1.76. The summed E-state index contributed by atoms with van der Waals surface area (Å²) in [5, 5.41) is 0. The molecule has 92 valence electrons. The van der Waals surface area contributed by atoms with Gasteiger partial charge in [-0.15, -0.1) is 0 Å². The Morgan fingerprint density at radius 1 is 1.00 bits per heavy atom. The lowest BCUT2D eigenvalue weighted by molar-refractivity contribution is 0.146. The van der Waals surface area contributed by atoms with Crippen molar-refractivity contribution in [2.75, 3.05) is 4.43 Å². The minimum Gasteiger partial charge on any atom is -0.0864 e. The smallest absolute Gasteiger partial charge is 0.000199 e. The molecule has 2 bridgehead atoms. The Labute approximate surface area is 114 Å². The quantitative estimate of drug-likeness (QED) is 0.507. The summed E-state index contributed by atoms with van der Waals surface area (Å²) in [4.78, 5) is 0. The summed E-state index contributed by atoms with van der Waals surface area (Å²) in [7, 11) is 0. The zero-order chi connectivity index (χ0) is 11.1. The molecule has 6 unspecified atom stereocenters. The highest BCUT2D eigenvalue weighted by Crippen LogP contribution is 2.64. The molecule has 3 rings (SSSR count). The van der Waals surface area contributed by atoms with Gasteiger partial charge >= 0.3 is 0 Å². The van der Waals surface area contributed by atoms with Gasteiger partial charge < -0.3 is 0 Å². The lowest BCUT2D eigenvalue weighted by atomic mass is 9.71. The lowest BCUT2D eigenvalue weighted by Crippen LogP contribution is -2.28. The summed E-state index contributed by atoms with van der Waals surface area (Å²) in [5.41, 5.74) is 0. The summed E-state index contributed by atoms with van der Waals surface area (Å²) in [5.74, 6) is 6.91. The fraction of sp³-hybridized carbons (Fsp3) is 1.00. The van der Waals surface area contributed by atoms with Gasteiger partial charge in [0.05, 0.1) is 0 Å². The number of rotatable bonds is 4. The number of fused-ring (bicyclic) bond motifs is 5. The van der Waals surface area contributed by atoms with Crippen LogP contribution in [0.25, 0.3) is 0 Å². The molecule has 0 aromatic rings. The Bertz CT molecular complexity index is 250. The lowest BCUT2D eigenvalue weighted by Gasteiger charge is -2.34. The molecule has 0 nitrogen and oxygen atoms in total. The topological polar surface area (TPSA) is 0 Å². The number of alkyl halides is 1. The van der Waals surface area contributed by atoms with Gasteiger partial charge in [-0.05, 0) is 72.0 Å². The van der Waals surface area contributed by atoms with Crippen molar-refractivity contribution in [2.24, 2.45) is 35.5 Å². The first-order valence-corrected chi connectivity index (χ1v) is 8.93. The second-order valence-electron chi connectivity index (χ2n) is 6.50. The van der Waals surface area contributed by atoms with E-state index in [4.69, 9.17) is 0 Å². The number of hydrogen-bond donors (Lipinski definition) is 0. The molecule has 0 radical (unpaired) electrons. The summed E-state index contributed by atoms with van der Waals surface area (Å²) < 4.78 is 1.39. The molecular weight excluding hydrogens is 307 g/mol. The van der Waals surface area contributed by atoms with Crippen molar-refractivity contribution < 1.29 is 0 Å². The van der Waals surface area contributed by atoms with E-state index in [0.29, 0.717) is 0 Å². The first-order valence-electron chi connectivity index (χ1n) is 7.41. The molecule has 3 aliphatic carbocycles. The van der Waals surface area contributed by atoms with E-state index >= 15 is 0 Å². The largest absolute Gasteiger partial charge is 0.0864 e. The molecule has 0 heterocycles. The molecule has 0 spiro atoms. The van der Waals surface area contributed by atoms with Gasteiger partial charge in [-0.2, -0.15) is 0 Å². The fourth-order valence-electron chi connectivity index (χ4n) is 5.56. The van der Waals surface area contributed by atoms with Gasteiger partial charge in [0.25, 0.3) is 0 Å². The van der Waals surface area contributed by atoms with Crippen LogP contribution in [-0.2, 0) is 0 Å². The summed E-state index contributed by atoms with van der Waals surface area (Å²) in [6, 6.07) is 0. The van der Waals surface area contributed by atoms with Crippen molar-refractivity contribution in [3.05, 3.63) is 0 Å². The monoisotopic (exact) mass is 332 g/mol. The third-order valence-electron chi connectivity index (χ3n) is 5.93. The van der Waals surface area contributed by atoms with Gasteiger partial charge in [-0.1, -0.05) is 42.4 Å².